The third kappa shape index (κ3) is 5.52. The monoisotopic (exact) mass is 728 g/mol. The summed E-state index contributed by atoms with van der Waals surface area (Å²) in [5.41, 5.74) is 0.629. The summed E-state index contributed by atoms with van der Waals surface area (Å²) in [5, 5.41) is 17.1. The van der Waals surface area contributed by atoms with E-state index in [4.69, 9.17) is 9.47 Å². The van der Waals surface area contributed by atoms with Crippen LogP contribution in [0.5, 0.6) is 5.75 Å². The molecule has 0 bridgehead atoms. The quantitative estimate of drug-likeness (QED) is 0.205. The van der Waals surface area contributed by atoms with E-state index < -0.39 is 19.8 Å². The second-order valence-electron chi connectivity index (χ2n) is 15.1. The van der Waals surface area contributed by atoms with E-state index >= 15 is 4.79 Å². The molecule has 53 heavy (non-hydrogen) atoms. The van der Waals surface area contributed by atoms with Gasteiger partial charge < -0.3 is 19.5 Å². The van der Waals surface area contributed by atoms with Crippen molar-refractivity contribution in [2.75, 3.05) is 25.2 Å². The summed E-state index contributed by atoms with van der Waals surface area (Å²) in [6.45, 7) is 7.15. The van der Waals surface area contributed by atoms with Crippen LogP contribution in [0.15, 0.2) is 108 Å². The number of aromatic nitrogens is 2. The van der Waals surface area contributed by atoms with E-state index in [2.05, 4.69) is 37.2 Å². The number of methoxy groups -OCH3 is 1. The Morgan fingerprint density at radius 1 is 0.981 bits per heavy atom. The van der Waals surface area contributed by atoms with Crippen molar-refractivity contribution in [1.29, 1.82) is 0 Å². The molecule has 2 fully saturated rings. The lowest BCUT2D eigenvalue weighted by atomic mass is 9.82. The van der Waals surface area contributed by atoms with Gasteiger partial charge in [-0.25, -0.2) is 0 Å². The number of fused-ring (bicyclic) bond motifs is 3. The Labute approximate surface area is 309 Å². The van der Waals surface area contributed by atoms with Crippen LogP contribution >= 0.6 is 0 Å². The number of likely N-dealkylation sites (tertiary alicyclic amines) is 1. The predicted octanol–water partition coefficient (Wildman–Crippen LogP) is 5.66. The number of rotatable bonds is 8. The first-order valence-electron chi connectivity index (χ1n) is 18.3. The van der Waals surface area contributed by atoms with Gasteiger partial charge in [0.15, 0.2) is 5.60 Å². The molecule has 5 aromatic rings. The maximum Gasteiger partial charge on any atom is 0.279 e. The SMILES string of the molecule is COc1ccc([Si](C)(C)[C@H]2[C@H](CC(=O)N3CCC[C@H]3CO)O[C@@]3(C(=O)N(c4ccccc4)c4ccc(-n5ncc6ccccc6c5=O)cc43)[C@@H]2C)cc1. The van der Waals surface area contributed by atoms with Crippen molar-refractivity contribution in [3.8, 4) is 11.4 Å². The zero-order chi connectivity index (χ0) is 37.1. The highest BCUT2D eigenvalue weighted by Gasteiger charge is 2.67. The number of aliphatic hydroxyl groups excluding tert-OH is 1. The van der Waals surface area contributed by atoms with Gasteiger partial charge in [0.05, 0.1) is 63.3 Å². The standard InChI is InChI=1S/C42H44N4O6Si/c1-27-39(53(3,4)33-19-17-32(51-2)18-20-33)37(24-38(48)44-22-10-14-31(44)26-47)52-42(27)35-23-30(46-40(49)34-15-9-8-11-28(34)25-43-46)16-21-36(35)45(41(42)50)29-12-6-5-7-13-29/h5-9,11-13,15-21,23,25,27,31,37,39,47H,10,14,22,24,26H2,1-4H3/t27-,31+,37+,39-,42+/m1/s1. The van der Waals surface area contributed by atoms with Gasteiger partial charge >= 0.3 is 0 Å². The van der Waals surface area contributed by atoms with Gasteiger partial charge in [-0.15, -0.1) is 0 Å². The summed E-state index contributed by atoms with van der Waals surface area (Å²) in [5.74, 6) is 0.0837. The van der Waals surface area contributed by atoms with Gasteiger partial charge in [-0.05, 0) is 66.9 Å². The Bertz CT molecular complexity index is 2260. The van der Waals surface area contributed by atoms with Crippen LogP contribution in [-0.4, -0.2) is 72.1 Å². The average molecular weight is 729 g/mol. The van der Waals surface area contributed by atoms with Crippen molar-refractivity contribution in [3.05, 3.63) is 119 Å². The fourth-order valence-electron chi connectivity index (χ4n) is 9.31. The van der Waals surface area contributed by atoms with Crippen LogP contribution in [0.25, 0.3) is 16.5 Å². The lowest BCUT2D eigenvalue weighted by Gasteiger charge is -2.37. The van der Waals surface area contributed by atoms with Crippen molar-refractivity contribution in [3.63, 3.8) is 0 Å². The molecule has 4 aromatic carbocycles. The van der Waals surface area contributed by atoms with E-state index in [-0.39, 0.29) is 47.9 Å². The number of hydrogen-bond acceptors (Lipinski definition) is 7. The second kappa shape index (κ2) is 13.4. The molecular weight excluding hydrogens is 685 g/mol. The summed E-state index contributed by atoms with van der Waals surface area (Å²) in [6, 6.07) is 30.3. The first-order valence-corrected chi connectivity index (χ1v) is 21.4. The van der Waals surface area contributed by atoms with Crippen LogP contribution in [0.2, 0.25) is 18.6 Å². The summed E-state index contributed by atoms with van der Waals surface area (Å²) < 4.78 is 14.1. The van der Waals surface area contributed by atoms with E-state index in [0.717, 1.165) is 29.2 Å². The number of hydrogen-bond donors (Lipinski definition) is 1. The second-order valence-corrected chi connectivity index (χ2v) is 19.7. The Morgan fingerprint density at radius 2 is 1.72 bits per heavy atom. The summed E-state index contributed by atoms with van der Waals surface area (Å²) in [7, 11) is -0.897. The van der Waals surface area contributed by atoms with Crippen LogP contribution in [0.1, 0.15) is 31.7 Å². The van der Waals surface area contributed by atoms with Gasteiger partial charge in [0.1, 0.15) is 5.75 Å². The van der Waals surface area contributed by atoms with Gasteiger partial charge in [0.2, 0.25) is 5.91 Å². The molecule has 0 saturated carbocycles. The summed E-state index contributed by atoms with van der Waals surface area (Å²) >= 11 is 0. The van der Waals surface area contributed by atoms with Gasteiger partial charge in [0.25, 0.3) is 11.5 Å². The topological polar surface area (TPSA) is 114 Å². The predicted molar refractivity (Wildman–Crippen MR) is 207 cm³/mol. The average Bonchev–Trinajstić information content (AvgIpc) is 3.85. The third-order valence-corrected chi connectivity index (χ3v) is 16.3. The molecule has 0 unspecified atom stereocenters. The molecular formula is C42H44N4O6Si. The Morgan fingerprint density at radius 3 is 2.45 bits per heavy atom. The van der Waals surface area contributed by atoms with E-state index in [1.165, 1.54) is 4.68 Å². The van der Waals surface area contributed by atoms with Crippen LogP contribution in [0.4, 0.5) is 11.4 Å². The van der Waals surface area contributed by atoms with Crippen LogP contribution in [-0.2, 0) is 19.9 Å². The molecule has 272 valence electrons. The molecule has 10 nitrogen and oxygen atoms in total. The minimum atomic E-state index is -2.54. The summed E-state index contributed by atoms with van der Waals surface area (Å²) in [4.78, 5) is 46.8. The van der Waals surface area contributed by atoms with Crippen molar-refractivity contribution in [1.82, 2.24) is 14.7 Å². The highest BCUT2D eigenvalue weighted by molar-refractivity contribution is 6.91. The van der Waals surface area contributed by atoms with E-state index in [0.29, 0.717) is 34.6 Å². The van der Waals surface area contributed by atoms with E-state index in [1.807, 2.05) is 78.9 Å². The van der Waals surface area contributed by atoms with Crippen molar-refractivity contribution in [2.45, 2.75) is 62.6 Å². The number of aliphatic hydroxyl groups is 1. The van der Waals surface area contributed by atoms with Crippen molar-refractivity contribution >= 4 is 47.2 Å². The van der Waals surface area contributed by atoms with Crippen molar-refractivity contribution < 1.29 is 24.2 Å². The number of amides is 2. The number of nitrogens with zero attached hydrogens (tertiary/aromatic N) is 4. The number of carbonyl (C=O) groups excluding carboxylic acids is 2. The van der Waals surface area contributed by atoms with E-state index in [1.54, 1.807) is 29.2 Å². The first-order chi connectivity index (χ1) is 25.6. The molecule has 1 spiro atoms. The molecule has 2 saturated heterocycles. The Balaban J connectivity index is 1.30. The summed E-state index contributed by atoms with van der Waals surface area (Å²) in [6.07, 6.45) is 2.75. The molecule has 4 heterocycles. The maximum atomic E-state index is 15.4. The molecule has 2 amide bonds. The smallest absolute Gasteiger partial charge is 0.279 e. The molecule has 0 aliphatic carbocycles. The highest BCUT2D eigenvalue weighted by atomic mass is 28.3. The number of benzene rings is 4. The molecule has 11 heteroatoms. The molecule has 3 aliphatic rings. The lowest BCUT2D eigenvalue weighted by molar-refractivity contribution is -0.149. The zero-order valence-corrected chi connectivity index (χ0v) is 31.4. The number of carbonyl (C=O) groups is 2. The largest absolute Gasteiger partial charge is 0.497 e. The molecule has 1 aromatic heterocycles. The maximum absolute atomic E-state index is 15.4. The lowest BCUT2D eigenvalue weighted by Crippen LogP contribution is -2.52. The van der Waals surface area contributed by atoms with Gasteiger partial charge in [0, 0.05) is 29.1 Å². The molecule has 5 atom stereocenters. The third-order valence-electron chi connectivity index (χ3n) is 12.0. The molecule has 8 rings (SSSR count). The zero-order valence-electron chi connectivity index (χ0n) is 30.4. The fraction of sp³-hybridized carbons (Fsp3) is 0.333. The number of ether oxygens (including phenoxy) is 2. The van der Waals surface area contributed by atoms with Gasteiger partial charge in [-0.1, -0.05) is 73.7 Å². The van der Waals surface area contributed by atoms with Crippen LogP contribution < -0.4 is 20.4 Å². The van der Waals surface area contributed by atoms with E-state index in [9.17, 15) is 14.7 Å². The van der Waals surface area contributed by atoms with Crippen molar-refractivity contribution in [2.24, 2.45) is 5.92 Å². The normalized spacial score (nSPS) is 24.0. The molecule has 3 aliphatic heterocycles. The Kier molecular flexibility index (Phi) is 8.83. The van der Waals surface area contributed by atoms with Crippen LogP contribution in [0, 0.1) is 5.92 Å². The fourth-order valence-corrected chi connectivity index (χ4v) is 13.3. The minimum absolute atomic E-state index is 0.0772. The highest BCUT2D eigenvalue weighted by Crippen LogP contribution is 2.61. The van der Waals surface area contributed by atoms with Gasteiger partial charge in [-0.2, -0.15) is 9.78 Å². The molecule has 0 radical (unpaired) electrons. The number of anilines is 2. The first kappa shape index (κ1) is 35.0. The van der Waals surface area contributed by atoms with Gasteiger partial charge in [-0.3, -0.25) is 19.3 Å². The minimum Gasteiger partial charge on any atom is -0.497 e. The Hall–Kier alpha value is -5.10. The van der Waals surface area contributed by atoms with Crippen LogP contribution in [0.3, 0.4) is 0 Å². The number of para-hydroxylation sites is 1. The molecule has 1 N–H and O–H groups in total.